The Morgan fingerprint density at radius 3 is 1.38 bits per heavy atom. The topological polar surface area (TPSA) is 172 Å². The molecule has 0 unspecified atom stereocenters. The molecular formula is C50H55F4N3O6. The van der Waals surface area contributed by atoms with Crippen molar-refractivity contribution < 1.29 is 47.6 Å². The van der Waals surface area contributed by atoms with Crippen LogP contribution >= 0.6 is 0 Å². The van der Waals surface area contributed by atoms with Crippen molar-refractivity contribution >= 4 is 22.5 Å². The molecule has 0 radical (unpaired) electrons. The van der Waals surface area contributed by atoms with Crippen LogP contribution < -0.4 is 11.5 Å². The number of benzene rings is 5. The summed E-state index contributed by atoms with van der Waals surface area (Å²) in [6, 6.07) is 35.9. The van der Waals surface area contributed by atoms with Gasteiger partial charge in [0.2, 0.25) is 0 Å². The van der Waals surface area contributed by atoms with Crippen LogP contribution in [0.15, 0.2) is 128 Å². The van der Waals surface area contributed by atoms with E-state index in [1.54, 1.807) is 22.8 Å². The fraction of sp³-hybridized carbons (Fsp3) is 0.320. The Balaban J connectivity index is 0.000000238. The molecule has 0 bridgehead atoms. The van der Waals surface area contributed by atoms with Gasteiger partial charge in [0.05, 0.1) is 43.1 Å². The van der Waals surface area contributed by atoms with E-state index >= 15 is 0 Å². The molecule has 6 rings (SSSR count). The van der Waals surface area contributed by atoms with E-state index in [0.29, 0.717) is 60.7 Å². The van der Waals surface area contributed by atoms with Crippen LogP contribution in [0.3, 0.4) is 0 Å². The summed E-state index contributed by atoms with van der Waals surface area (Å²) in [4.78, 5) is 24.3. The summed E-state index contributed by atoms with van der Waals surface area (Å²) >= 11 is 0. The fourth-order valence-corrected chi connectivity index (χ4v) is 7.05. The fourth-order valence-electron chi connectivity index (χ4n) is 7.05. The molecule has 1 heterocycles. The number of hydrogen-bond acceptors (Lipinski definition) is 8. The number of halogens is 4. The number of carbonyl (C=O) groups excluding carboxylic acids is 2. The van der Waals surface area contributed by atoms with Crippen LogP contribution in [0.5, 0.6) is 0 Å². The van der Waals surface area contributed by atoms with E-state index < -0.39 is 23.0 Å². The van der Waals surface area contributed by atoms with E-state index in [1.807, 2.05) is 48.5 Å². The van der Waals surface area contributed by atoms with Gasteiger partial charge in [-0.15, -0.1) is 0 Å². The molecule has 6 aromatic rings. The highest BCUT2D eigenvalue weighted by Crippen LogP contribution is 2.29. The number of fused-ring (bicyclic) bond motifs is 1. The maximum Gasteiger partial charge on any atom is 0.454 e. The number of aliphatic hydroxyl groups is 4. The molecule has 0 amide bonds. The quantitative estimate of drug-likeness (QED) is 0.0349. The van der Waals surface area contributed by atoms with Crippen molar-refractivity contribution in [1.82, 2.24) is 4.57 Å². The highest BCUT2D eigenvalue weighted by molar-refractivity contribution is 6.10. The van der Waals surface area contributed by atoms with Gasteiger partial charge >= 0.3 is 6.18 Å². The summed E-state index contributed by atoms with van der Waals surface area (Å²) in [5, 5.41) is 37.4. The number of ketones is 2. The molecular weight excluding hydrogens is 815 g/mol. The normalized spacial score (nSPS) is 12.0. The molecule has 334 valence electrons. The molecule has 0 spiro atoms. The van der Waals surface area contributed by atoms with Gasteiger partial charge in [-0.1, -0.05) is 91.0 Å². The lowest BCUT2D eigenvalue weighted by Gasteiger charge is -2.24. The molecule has 0 atom stereocenters. The molecule has 1 aromatic heterocycles. The van der Waals surface area contributed by atoms with Gasteiger partial charge in [0.25, 0.3) is 5.78 Å². The van der Waals surface area contributed by atoms with Crippen LogP contribution in [0, 0.1) is 5.82 Å². The Kier molecular flexibility index (Phi) is 17.1. The lowest BCUT2D eigenvalue weighted by atomic mass is 9.93. The number of carbonyl (C=O) groups is 2. The van der Waals surface area contributed by atoms with Gasteiger partial charge in [-0.3, -0.25) is 9.59 Å². The zero-order valence-electron chi connectivity index (χ0n) is 35.0. The number of hydrogen-bond donors (Lipinski definition) is 6. The van der Waals surface area contributed by atoms with Crippen molar-refractivity contribution in [3.8, 4) is 0 Å². The molecule has 0 saturated carbocycles. The first-order valence-electron chi connectivity index (χ1n) is 20.8. The van der Waals surface area contributed by atoms with Crippen molar-refractivity contribution in [1.29, 1.82) is 0 Å². The second-order valence-electron chi connectivity index (χ2n) is 16.2. The molecule has 9 nitrogen and oxygen atoms in total. The second kappa shape index (κ2) is 22.2. The first-order valence-corrected chi connectivity index (χ1v) is 20.8. The second-order valence-corrected chi connectivity index (χ2v) is 16.2. The maximum absolute atomic E-state index is 13.0. The summed E-state index contributed by atoms with van der Waals surface area (Å²) in [6.07, 6.45) is 1.83. The Morgan fingerprint density at radius 1 is 0.540 bits per heavy atom. The zero-order chi connectivity index (χ0) is 45.6. The lowest BCUT2D eigenvalue weighted by Crippen LogP contribution is -2.47. The molecule has 0 aliphatic heterocycles. The summed E-state index contributed by atoms with van der Waals surface area (Å²) in [5.41, 5.74) is 16.8. The van der Waals surface area contributed by atoms with Crippen molar-refractivity contribution in [2.45, 2.75) is 75.2 Å². The summed E-state index contributed by atoms with van der Waals surface area (Å²) in [5.74, 6) is -2.30. The smallest absolute Gasteiger partial charge is 0.394 e. The Labute approximate surface area is 364 Å². The van der Waals surface area contributed by atoms with Gasteiger partial charge in [0, 0.05) is 34.8 Å². The standard InChI is InChI=1S/C26H28FNO3.C24H27F3N2O3/c27-24-13-11-23(12-14-24)25(31)22-9-7-20(8-10-22)2-1-19-3-5-21(6-4-19)15-16-26(28,17-29)18-30;25-24(26,27)22(32)20-14-29(21-6-2-1-5-19(20)21)13-3-4-17-7-9-18(10-8-17)11-12-23(28,15-30)16-31/h3-14,29-30H,1-2,15-18,28H2;1-2,5-10,14,30-31H,3-4,11-13,15-16,28H2. The van der Waals surface area contributed by atoms with E-state index in [0.717, 1.165) is 41.5 Å². The number of nitrogens with two attached hydrogens (primary N) is 2. The van der Waals surface area contributed by atoms with Crippen LogP contribution in [0.4, 0.5) is 17.6 Å². The third-order valence-electron chi connectivity index (χ3n) is 11.3. The predicted octanol–water partition coefficient (Wildman–Crippen LogP) is 7.09. The SMILES string of the molecule is NC(CO)(CO)CCc1ccc(CCCn2cc(C(=O)C(F)(F)F)c3ccccc32)cc1.NC(CO)(CO)CCc1ccc(CCc2ccc(C(=O)c3ccc(F)cc3)cc2)cc1. The first-order chi connectivity index (χ1) is 30.1. The molecule has 0 saturated heterocycles. The Hall–Kier alpha value is -5.54. The van der Waals surface area contributed by atoms with E-state index in [9.17, 15) is 47.6 Å². The van der Waals surface area contributed by atoms with Gasteiger partial charge in [-0.25, -0.2) is 4.39 Å². The minimum Gasteiger partial charge on any atom is -0.394 e. The van der Waals surface area contributed by atoms with Gasteiger partial charge in [-0.2, -0.15) is 13.2 Å². The number of nitrogens with zero attached hydrogens (tertiary/aromatic N) is 1. The van der Waals surface area contributed by atoms with Crippen molar-refractivity contribution in [3.63, 3.8) is 0 Å². The van der Waals surface area contributed by atoms with Crippen molar-refractivity contribution in [2.24, 2.45) is 11.5 Å². The van der Waals surface area contributed by atoms with Crippen LogP contribution in [0.25, 0.3) is 10.9 Å². The van der Waals surface area contributed by atoms with E-state index in [-0.39, 0.29) is 43.6 Å². The minimum atomic E-state index is -4.91. The Morgan fingerprint density at radius 2 is 0.937 bits per heavy atom. The number of Topliss-reactive ketones (excluding diaryl/α,β-unsaturated/α-hetero) is 1. The molecule has 0 aliphatic carbocycles. The molecule has 5 aromatic carbocycles. The number of rotatable bonds is 20. The van der Waals surface area contributed by atoms with E-state index in [2.05, 4.69) is 24.3 Å². The van der Waals surface area contributed by atoms with E-state index in [4.69, 9.17) is 11.5 Å². The number of aromatic nitrogens is 1. The summed E-state index contributed by atoms with van der Waals surface area (Å²) in [7, 11) is 0. The highest BCUT2D eigenvalue weighted by atomic mass is 19.4. The average molecular weight is 870 g/mol. The monoisotopic (exact) mass is 869 g/mol. The van der Waals surface area contributed by atoms with Crippen LogP contribution in [-0.2, 0) is 38.6 Å². The first kappa shape index (κ1) is 48.5. The third-order valence-corrected chi connectivity index (χ3v) is 11.3. The van der Waals surface area contributed by atoms with Gasteiger partial charge in [-0.05, 0) is 110 Å². The van der Waals surface area contributed by atoms with Crippen molar-refractivity contribution in [2.75, 3.05) is 26.4 Å². The largest absolute Gasteiger partial charge is 0.454 e. The van der Waals surface area contributed by atoms with Gasteiger partial charge in [0.1, 0.15) is 5.82 Å². The Bertz CT molecular complexity index is 2370. The molecule has 13 heteroatoms. The minimum absolute atomic E-state index is 0.119. The van der Waals surface area contributed by atoms with Crippen LogP contribution in [-0.4, -0.2) is 80.2 Å². The third kappa shape index (κ3) is 13.7. The molecule has 8 N–H and O–H groups in total. The lowest BCUT2D eigenvalue weighted by molar-refractivity contribution is -0.0884. The van der Waals surface area contributed by atoms with E-state index in [1.165, 1.54) is 42.1 Å². The van der Waals surface area contributed by atoms with Crippen molar-refractivity contribution in [3.05, 3.63) is 178 Å². The highest BCUT2D eigenvalue weighted by Gasteiger charge is 2.40. The zero-order valence-corrected chi connectivity index (χ0v) is 35.0. The van der Waals surface area contributed by atoms with Gasteiger partial charge < -0.3 is 36.5 Å². The van der Waals surface area contributed by atoms with Gasteiger partial charge in [0.15, 0.2) is 5.78 Å². The number of aryl methyl sites for hydroxylation is 6. The molecule has 63 heavy (non-hydrogen) atoms. The summed E-state index contributed by atoms with van der Waals surface area (Å²) in [6.45, 7) is -0.570. The maximum atomic E-state index is 13.0. The average Bonchev–Trinajstić information content (AvgIpc) is 3.68. The number of aliphatic hydroxyl groups excluding tert-OH is 4. The predicted molar refractivity (Wildman–Crippen MR) is 236 cm³/mol. The molecule has 0 fully saturated rings. The van der Waals surface area contributed by atoms with Crippen LogP contribution in [0.2, 0.25) is 0 Å². The number of alkyl halides is 3. The van der Waals surface area contributed by atoms with Crippen LogP contribution in [0.1, 0.15) is 73.4 Å². The molecule has 0 aliphatic rings. The summed E-state index contributed by atoms with van der Waals surface area (Å²) < 4.78 is 53.6. The number of para-hydroxylation sites is 1.